The Kier molecular flexibility index (Phi) is 4.89. The molecule has 0 aliphatic heterocycles. The van der Waals surface area contributed by atoms with Gasteiger partial charge in [-0.25, -0.2) is 0 Å². The Bertz CT molecular complexity index is 455. The SMILES string of the molecule is CCC(C)C(=O)Nc1cccc(NC(C)=O)c1C. The molecule has 1 rings (SSSR count). The first-order chi connectivity index (χ1) is 8.45. The van der Waals surface area contributed by atoms with Crippen LogP contribution in [0, 0.1) is 12.8 Å². The minimum atomic E-state index is -0.122. The molecule has 1 aromatic carbocycles. The Morgan fingerprint density at radius 3 is 2.28 bits per heavy atom. The molecule has 2 N–H and O–H groups in total. The third kappa shape index (κ3) is 3.58. The van der Waals surface area contributed by atoms with Gasteiger partial charge >= 0.3 is 0 Å². The molecule has 0 radical (unpaired) electrons. The molecule has 2 amide bonds. The zero-order valence-electron chi connectivity index (χ0n) is 11.3. The van der Waals surface area contributed by atoms with Crippen molar-refractivity contribution in [1.29, 1.82) is 0 Å². The second kappa shape index (κ2) is 6.19. The molecule has 0 heterocycles. The average Bonchev–Trinajstić information content (AvgIpc) is 2.32. The summed E-state index contributed by atoms with van der Waals surface area (Å²) in [6.07, 6.45) is 0.802. The number of rotatable bonds is 4. The Morgan fingerprint density at radius 1 is 1.22 bits per heavy atom. The monoisotopic (exact) mass is 248 g/mol. The van der Waals surface area contributed by atoms with Gasteiger partial charge in [0.05, 0.1) is 0 Å². The Balaban J connectivity index is 2.90. The molecule has 98 valence electrons. The van der Waals surface area contributed by atoms with Crippen LogP contribution in [0.5, 0.6) is 0 Å². The molecule has 1 aromatic rings. The van der Waals surface area contributed by atoms with Crippen LogP contribution < -0.4 is 10.6 Å². The second-order valence-corrected chi connectivity index (χ2v) is 4.46. The minimum Gasteiger partial charge on any atom is -0.326 e. The van der Waals surface area contributed by atoms with Crippen molar-refractivity contribution in [1.82, 2.24) is 0 Å². The maximum Gasteiger partial charge on any atom is 0.227 e. The summed E-state index contributed by atoms with van der Waals surface area (Å²) in [5, 5.41) is 5.62. The number of amides is 2. The molecule has 0 saturated carbocycles. The van der Waals surface area contributed by atoms with Gasteiger partial charge < -0.3 is 10.6 Å². The molecule has 0 bridgehead atoms. The lowest BCUT2D eigenvalue weighted by molar-refractivity contribution is -0.119. The zero-order chi connectivity index (χ0) is 13.7. The molecular formula is C14H20N2O2. The van der Waals surface area contributed by atoms with Gasteiger partial charge in [-0.05, 0) is 31.0 Å². The van der Waals surface area contributed by atoms with E-state index in [1.54, 1.807) is 0 Å². The molecular weight excluding hydrogens is 228 g/mol. The quantitative estimate of drug-likeness (QED) is 0.860. The molecule has 18 heavy (non-hydrogen) atoms. The first kappa shape index (κ1) is 14.2. The fourth-order valence-corrected chi connectivity index (χ4v) is 1.54. The predicted octanol–water partition coefficient (Wildman–Crippen LogP) is 2.94. The highest BCUT2D eigenvalue weighted by Gasteiger charge is 2.12. The number of hydrogen-bond donors (Lipinski definition) is 2. The summed E-state index contributed by atoms with van der Waals surface area (Å²) in [7, 11) is 0. The summed E-state index contributed by atoms with van der Waals surface area (Å²) in [4.78, 5) is 22.9. The second-order valence-electron chi connectivity index (χ2n) is 4.46. The Labute approximate surface area is 108 Å². The van der Waals surface area contributed by atoms with Gasteiger partial charge in [-0.15, -0.1) is 0 Å². The van der Waals surface area contributed by atoms with E-state index in [4.69, 9.17) is 0 Å². The topological polar surface area (TPSA) is 58.2 Å². The Hall–Kier alpha value is -1.84. The highest BCUT2D eigenvalue weighted by atomic mass is 16.2. The van der Waals surface area contributed by atoms with Gasteiger partial charge in [0.15, 0.2) is 0 Å². The molecule has 1 atom stereocenters. The van der Waals surface area contributed by atoms with E-state index in [2.05, 4.69) is 10.6 Å². The summed E-state index contributed by atoms with van der Waals surface area (Å²) >= 11 is 0. The van der Waals surface area contributed by atoms with Gasteiger partial charge in [-0.2, -0.15) is 0 Å². The van der Waals surface area contributed by atoms with Gasteiger partial charge in [0.1, 0.15) is 0 Å². The summed E-state index contributed by atoms with van der Waals surface area (Å²) in [5.41, 5.74) is 2.33. The van der Waals surface area contributed by atoms with Crippen LogP contribution in [0.1, 0.15) is 32.8 Å². The van der Waals surface area contributed by atoms with Crippen LogP contribution in [0.2, 0.25) is 0 Å². The minimum absolute atomic E-state index is 0.000532. The van der Waals surface area contributed by atoms with E-state index < -0.39 is 0 Å². The van der Waals surface area contributed by atoms with Crippen LogP contribution in [0.15, 0.2) is 18.2 Å². The van der Waals surface area contributed by atoms with Gasteiger partial charge in [-0.1, -0.05) is 19.9 Å². The smallest absolute Gasteiger partial charge is 0.227 e. The first-order valence-corrected chi connectivity index (χ1v) is 6.13. The molecule has 0 aliphatic rings. The molecule has 1 unspecified atom stereocenters. The van der Waals surface area contributed by atoms with Crippen molar-refractivity contribution in [2.75, 3.05) is 10.6 Å². The number of carbonyl (C=O) groups excluding carboxylic acids is 2. The van der Waals surface area contributed by atoms with Crippen molar-refractivity contribution in [3.63, 3.8) is 0 Å². The zero-order valence-corrected chi connectivity index (χ0v) is 11.3. The van der Waals surface area contributed by atoms with Gasteiger partial charge in [0, 0.05) is 24.2 Å². The van der Waals surface area contributed by atoms with E-state index in [9.17, 15) is 9.59 Å². The largest absolute Gasteiger partial charge is 0.326 e. The number of benzene rings is 1. The van der Waals surface area contributed by atoms with Crippen molar-refractivity contribution in [2.45, 2.75) is 34.1 Å². The van der Waals surface area contributed by atoms with Crippen LogP contribution in [0.25, 0.3) is 0 Å². The third-order valence-electron chi connectivity index (χ3n) is 2.96. The maximum atomic E-state index is 11.8. The molecule has 4 heteroatoms. The lowest BCUT2D eigenvalue weighted by atomic mass is 10.1. The fraction of sp³-hybridized carbons (Fsp3) is 0.429. The maximum absolute atomic E-state index is 11.8. The number of hydrogen-bond acceptors (Lipinski definition) is 2. The number of carbonyl (C=O) groups is 2. The van der Waals surface area contributed by atoms with Crippen LogP contribution in [0.3, 0.4) is 0 Å². The van der Waals surface area contributed by atoms with Crippen LogP contribution in [-0.4, -0.2) is 11.8 Å². The van der Waals surface area contributed by atoms with Gasteiger partial charge in [-0.3, -0.25) is 9.59 Å². The predicted molar refractivity (Wildman–Crippen MR) is 73.6 cm³/mol. The molecule has 0 spiro atoms. The van der Waals surface area contributed by atoms with Crippen LogP contribution in [0.4, 0.5) is 11.4 Å². The number of nitrogens with one attached hydrogen (secondary N) is 2. The van der Waals surface area contributed by atoms with E-state index in [0.29, 0.717) is 0 Å². The van der Waals surface area contributed by atoms with Crippen LogP contribution in [-0.2, 0) is 9.59 Å². The lowest BCUT2D eigenvalue weighted by Crippen LogP contribution is -2.20. The van der Waals surface area contributed by atoms with E-state index in [1.165, 1.54) is 6.92 Å². The molecule has 0 aromatic heterocycles. The van der Waals surface area contributed by atoms with Crippen molar-refractivity contribution in [2.24, 2.45) is 5.92 Å². The fourth-order valence-electron chi connectivity index (χ4n) is 1.54. The molecule has 0 saturated heterocycles. The molecule has 0 fully saturated rings. The van der Waals surface area contributed by atoms with Crippen molar-refractivity contribution in [3.8, 4) is 0 Å². The summed E-state index contributed by atoms with van der Waals surface area (Å²) < 4.78 is 0. The third-order valence-corrected chi connectivity index (χ3v) is 2.96. The molecule has 0 aliphatic carbocycles. The Morgan fingerprint density at radius 2 is 1.78 bits per heavy atom. The summed E-state index contributed by atoms with van der Waals surface area (Å²) in [5.74, 6) is -0.141. The van der Waals surface area contributed by atoms with E-state index in [-0.39, 0.29) is 17.7 Å². The van der Waals surface area contributed by atoms with Crippen molar-refractivity contribution >= 4 is 23.2 Å². The van der Waals surface area contributed by atoms with Crippen molar-refractivity contribution in [3.05, 3.63) is 23.8 Å². The van der Waals surface area contributed by atoms with Gasteiger partial charge in [0.25, 0.3) is 0 Å². The average molecular weight is 248 g/mol. The van der Waals surface area contributed by atoms with E-state index in [0.717, 1.165) is 23.4 Å². The standard InChI is InChI=1S/C14H20N2O2/c1-5-9(2)14(18)16-13-8-6-7-12(10(13)3)15-11(4)17/h6-9H,5H2,1-4H3,(H,15,17)(H,16,18). The summed E-state index contributed by atoms with van der Waals surface area (Å²) in [6, 6.07) is 5.46. The highest BCUT2D eigenvalue weighted by molar-refractivity contribution is 5.95. The first-order valence-electron chi connectivity index (χ1n) is 6.13. The number of anilines is 2. The summed E-state index contributed by atoms with van der Waals surface area (Å²) in [6.45, 7) is 7.20. The lowest BCUT2D eigenvalue weighted by Gasteiger charge is -2.14. The van der Waals surface area contributed by atoms with E-state index >= 15 is 0 Å². The highest BCUT2D eigenvalue weighted by Crippen LogP contribution is 2.23. The van der Waals surface area contributed by atoms with Gasteiger partial charge in [0.2, 0.25) is 11.8 Å². The van der Waals surface area contributed by atoms with Crippen LogP contribution >= 0.6 is 0 Å². The normalized spacial score (nSPS) is 11.8. The molecule has 4 nitrogen and oxygen atoms in total. The van der Waals surface area contributed by atoms with E-state index in [1.807, 2.05) is 39.0 Å². The van der Waals surface area contributed by atoms with Crippen molar-refractivity contribution < 1.29 is 9.59 Å².